The van der Waals surface area contributed by atoms with E-state index in [0.717, 1.165) is 23.5 Å². The topological polar surface area (TPSA) is 76.0 Å². The van der Waals surface area contributed by atoms with E-state index in [1.807, 2.05) is 45.2 Å². The van der Waals surface area contributed by atoms with Crippen LogP contribution in [0.25, 0.3) is 0 Å². The van der Waals surface area contributed by atoms with Crippen molar-refractivity contribution in [1.29, 1.82) is 0 Å². The molecule has 1 heterocycles. The minimum absolute atomic E-state index is 0.0815. The van der Waals surface area contributed by atoms with Crippen LogP contribution in [0.2, 0.25) is 5.02 Å². The number of nitrogens with one attached hydrogen (secondary N) is 2. The maximum absolute atomic E-state index is 12.8. The Morgan fingerprint density at radius 2 is 1.84 bits per heavy atom. The molecule has 31 heavy (non-hydrogen) atoms. The molecule has 2 amide bonds. The van der Waals surface area contributed by atoms with Gasteiger partial charge in [0.05, 0.1) is 10.6 Å². The molecule has 0 saturated carbocycles. The summed E-state index contributed by atoms with van der Waals surface area (Å²) >= 11 is 6.11. The molecule has 0 fully saturated rings. The van der Waals surface area contributed by atoms with Gasteiger partial charge in [-0.05, 0) is 36.1 Å². The van der Waals surface area contributed by atoms with Crippen molar-refractivity contribution < 1.29 is 9.59 Å². The number of rotatable bonds is 8. The second kappa shape index (κ2) is 10.3. The first-order chi connectivity index (χ1) is 14.8. The summed E-state index contributed by atoms with van der Waals surface area (Å²) in [5.74, 6) is 0.276. The minimum atomic E-state index is -0.666. The second-order valence-electron chi connectivity index (χ2n) is 7.82. The average molecular weight is 439 g/mol. The lowest BCUT2D eigenvalue weighted by Crippen LogP contribution is -2.49. The van der Waals surface area contributed by atoms with E-state index in [9.17, 15) is 9.59 Å². The molecule has 7 heteroatoms. The zero-order valence-electron chi connectivity index (χ0n) is 17.9. The number of amides is 2. The molecular weight excluding hydrogens is 412 g/mol. The quantitative estimate of drug-likeness (QED) is 0.558. The number of carbonyl (C=O) groups is 2. The van der Waals surface area contributed by atoms with Crippen molar-refractivity contribution in [3.8, 4) is 0 Å². The van der Waals surface area contributed by atoms with Gasteiger partial charge in [-0.25, -0.2) is 4.98 Å². The van der Waals surface area contributed by atoms with Gasteiger partial charge in [0.1, 0.15) is 11.9 Å². The first-order valence-electron chi connectivity index (χ1n) is 10.2. The van der Waals surface area contributed by atoms with Crippen LogP contribution in [0.5, 0.6) is 0 Å². The highest BCUT2D eigenvalue weighted by Crippen LogP contribution is 2.16. The maximum Gasteiger partial charge on any atom is 0.253 e. The van der Waals surface area contributed by atoms with Crippen molar-refractivity contribution in [1.82, 2.24) is 20.2 Å². The summed E-state index contributed by atoms with van der Waals surface area (Å²) in [6.07, 6.45) is 3.72. The van der Waals surface area contributed by atoms with E-state index < -0.39 is 6.04 Å². The number of hydrogen-bond acceptors (Lipinski definition) is 3. The molecule has 3 rings (SSSR count). The molecule has 162 valence electrons. The van der Waals surface area contributed by atoms with Crippen LogP contribution in [0.3, 0.4) is 0 Å². The van der Waals surface area contributed by atoms with Crippen molar-refractivity contribution in [2.75, 3.05) is 0 Å². The molecule has 0 radical (unpaired) electrons. The highest BCUT2D eigenvalue weighted by atomic mass is 35.5. The predicted molar refractivity (Wildman–Crippen MR) is 122 cm³/mol. The summed E-state index contributed by atoms with van der Waals surface area (Å²) in [5.41, 5.74) is 2.47. The van der Waals surface area contributed by atoms with Crippen LogP contribution in [0.1, 0.15) is 41.2 Å². The molecule has 1 unspecified atom stereocenters. The molecule has 0 aliphatic heterocycles. The number of carbonyl (C=O) groups excluding carboxylic acids is 2. The smallest absolute Gasteiger partial charge is 0.253 e. The first kappa shape index (κ1) is 22.6. The zero-order valence-corrected chi connectivity index (χ0v) is 18.7. The molecule has 0 aliphatic carbocycles. The Bertz CT molecular complexity index is 1060. The summed E-state index contributed by atoms with van der Waals surface area (Å²) < 4.78 is 2.07. The number of benzene rings is 2. The van der Waals surface area contributed by atoms with Gasteiger partial charge < -0.3 is 15.2 Å². The van der Waals surface area contributed by atoms with Gasteiger partial charge in [0.25, 0.3) is 5.91 Å². The molecule has 2 N–H and O–H groups in total. The largest absolute Gasteiger partial charge is 0.350 e. The lowest BCUT2D eigenvalue weighted by molar-refractivity contribution is -0.124. The molecule has 2 aromatic carbocycles. The summed E-state index contributed by atoms with van der Waals surface area (Å²) in [6, 6.07) is 14.2. The molecular formula is C24H27ClN4O2. The zero-order chi connectivity index (χ0) is 22.4. The number of nitrogens with zero attached hydrogens (tertiary/aromatic N) is 2. The van der Waals surface area contributed by atoms with E-state index in [4.69, 9.17) is 11.6 Å². The Balaban J connectivity index is 1.62. The van der Waals surface area contributed by atoms with Gasteiger partial charge in [-0.3, -0.25) is 9.59 Å². The lowest BCUT2D eigenvalue weighted by atomic mass is 10.0. The molecule has 0 spiro atoms. The average Bonchev–Trinajstić information content (AvgIpc) is 3.15. The molecule has 1 atom stereocenters. The van der Waals surface area contributed by atoms with E-state index in [1.54, 1.807) is 30.5 Å². The van der Waals surface area contributed by atoms with Crippen LogP contribution in [0, 0.1) is 12.8 Å². The van der Waals surface area contributed by atoms with Crippen LogP contribution in [0.15, 0.2) is 60.9 Å². The molecule has 1 aromatic heterocycles. The van der Waals surface area contributed by atoms with Crippen molar-refractivity contribution in [2.24, 2.45) is 5.92 Å². The first-order valence-corrected chi connectivity index (χ1v) is 10.6. The second-order valence-corrected chi connectivity index (χ2v) is 8.22. The van der Waals surface area contributed by atoms with Crippen LogP contribution in [0.4, 0.5) is 0 Å². The molecule has 3 aromatic rings. The standard InChI is InChI=1S/C24H27ClN4O2/c1-16(2)22(28-23(30)20-9-4-5-10-21(20)25)24(31)27-14-18-7-6-8-19(13-18)15-29-12-11-26-17(29)3/h4-13,16,22H,14-15H2,1-3H3,(H,27,31)(H,28,30). The van der Waals surface area contributed by atoms with Crippen molar-refractivity contribution >= 4 is 23.4 Å². The van der Waals surface area contributed by atoms with E-state index in [1.165, 1.54) is 0 Å². The van der Waals surface area contributed by atoms with E-state index in [-0.39, 0.29) is 17.7 Å². The highest BCUT2D eigenvalue weighted by molar-refractivity contribution is 6.33. The number of aryl methyl sites for hydroxylation is 1. The summed E-state index contributed by atoms with van der Waals surface area (Å²) in [6.45, 7) is 6.85. The summed E-state index contributed by atoms with van der Waals surface area (Å²) in [7, 11) is 0. The molecule has 0 aliphatic rings. The monoisotopic (exact) mass is 438 g/mol. The lowest BCUT2D eigenvalue weighted by Gasteiger charge is -2.22. The third-order valence-electron chi connectivity index (χ3n) is 5.09. The van der Waals surface area contributed by atoms with Gasteiger partial charge in [-0.15, -0.1) is 0 Å². The fraction of sp³-hybridized carbons (Fsp3) is 0.292. The Kier molecular flexibility index (Phi) is 7.47. The normalized spacial score (nSPS) is 11.9. The minimum Gasteiger partial charge on any atom is -0.350 e. The van der Waals surface area contributed by atoms with Crippen LogP contribution in [-0.2, 0) is 17.9 Å². The van der Waals surface area contributed by atoms with Gasteiger partial charge in [-0.1, -0.05) is 61.8 Å². The highest BCUT2D eigenvalue weighted by Gasteiger charge is 2.25. The van der Waals surface area contributed by atoms with Crippen LogP contribution in [-0.4, -0.2) is 27.4 Å². The molecule has 6 nitrogen and oxygen atoms in total. The fourth-order valence-corrected chi connectivity index (χ4v) is 3.53. The van der Waals surface area contributed by atoms with Crippen LogP contribution >= 0.6 is 11.6 Å². The van der Waals surface area contributed by atoms with E-state index in [2.05, 4.69) is 26.3 Å². The number of hydrogen-bond donors (Lipinski definition) is 2. The van der Waals surface area contributed by atoms with E-state index in [0.29, 0.717) is 17.1 Å². The fourth-order valence-electron chi connectivity index (χ4n) is 3.30. The summed E-state index contributed by atoms with van der Waals surface area (Å²) in [5, 5.41) is 6.11. The Labute approximate surface area is 187 Å². The van der Waals surface area contributed by atoms with E-state index >= 15 is 0 Å². The van der Waals surface area contributed by atoms with Crippen LogP contribution < -0.4 is 10.6 Å². The van der Waals surface area contributed by atoms with Gasteiger partial charge in [0.15, 0.2) is 0 Å². The molecule has 0 bridgehead atoms. The van der Waals surface area contributed by atoms with Gasteiger partial charge in [0, 0.05) is 25.5 Å². The van der Waals surface area contributed by atoms with Gasteiger partial charge in [-0.2, -0.15) is 0 Å². The SMILES string of the molecule is Cc1nccn1Cc1cccc(CNC(=O)C(NC(=O)c2ccccc2Cl)C(C)C)c1. The number of halogens is 1. The van der Waals surface area contributed by atoms with Crippen molar-refractivity contribution in [2.45, 2.75) is 39.9 Å². The van der Waals surface area contributed by atoms with Crippen molar-refractivity contribution in [3.05, 3.63) is 88.5 Å². The number of imidazole rings is 1. The van der Waals surface area contributed by atoms with Gasteiger partial charge in [0.2, 0.25) is 5.91 Å². The maximum atomic E-state index is 12.8. The Morgan fingerprint density at radius 1 is 1.10 bits per heavy atom. The Morgan fingerprint density at radius 3 is 2.52 bits per heavy atom. The predicted octanol–water partition coefficient (Wildman–Crippen LogP) is 3.96. The Hall–Kier alpha value is -3.12. The van der Waals surface area contributed by atoms with Crippen molar-refractivity contribution in [3.63, 3.8) is 0 Å². The van der Waals surface area contributed by atoms with Gasteiger partial charge >= 0.3 is 0 Å². The number of aromatic nitrogens is 2. The third-order valence-corrected chi connectivity index (χ3v) is 5.42. The third kappa shape index (κ3) is 5.95. The summed E-state index contributed by atoms with van der Waals surface area (Å²) in [4.78, 5) is 29.7. The molecule has 0 saturated heterocycles.